The Morgan fingerprint density at radius 1 is 1.31 bits per heavy atom. The van der Waals surface area contributed by atoms with E-state index in [0.29, 0.717) is 25.8 Å². The molecule has 7 heteroatoms. The fourth-order valence-corrected chi connectivity index (χ4v) is 4.12. The molecular formula is C19H32BrNO4Si. The van der Waals surface area contributed by atoms with E-state index in [-0.39, 0.29) is 10.8 Å². The Morgan fingerprint density at radius 2 is 1.92 bits per heavy atom. The summed E-state index contributed by atoms with van der Waals surface area (Å²) in [7, 11) is -0.0860. The standard InChI is InChI=1S/C19H32BrNO4Si/c1-18(2,3)25-17(23)21-13-8-11-19(21,16(22)24-4)12-9-15(20)10-14-26(5,6)7/h15H,8-9,11-13H2,1-7H3. The van der Waals surface area contributed by atoms with Gasteiger partial charge in [-0.25, -0.2) is 9.59 Å². The lowest BCUT2D eigenvalue weighted by molar-refractivity contribution is -0.153. The first kappa shape index (κ1) is 23.0. The highest BCUT2D eigenvalue weighted by atomic mass is 79.9. The summed E-state index contributed by atoms with van der Waals surface area (Å²) in [5.74, 6) is 2.87. The highest BCUT2D eigenvalue weighted by molar-refractivity contribution is 9.09. The summed E-state index contributed by atoms with van der Waals surface area (Å²) in [5.41, 5.74) is 1.76. The highest BCUT2D eigenvalue weighted by Crippen LogP contribution is 2.37. The van der Waals surface area contributed by atoms with E-state index in [1.165, 1.54) is 7.11 Å². The summed E-state index contributed by atoms with van der Waals surface area (Å²) in [5, 5.41) is 0. The third kappa shape index (κ3) is 6.62. The number of likely N-dealkylation sites (tertiary alicyclic amines) is 1. The maximum Gasteiger partial charge on any atom is 0.411 e. The third-order valence-corrected chi connectivity index (χ3v) is 5.66. The van der Waals surface area contributed by atoms with Gasteiger partial charge in [-0.1, -0.05) is 41.5 Å². The molecule has 0 bridgehead atoms. The molecule has 1 heterocycles. The van der Waals surface area contributed by atoms with E-state index in [1.54, 1.807) is 4.90 Å². The number of carbonyl (C=O) groups excluding carboxylic acids is 2. The Balaban J connectivity index is 2.97. The van der Waals surface area contributed by atoms with Crippen LogP contribution in [0.25, 0.3) is 0 Å². The zero-order valence-corrected chi connectivity index (χ0v) is 19.7. The molecule has 0 aromatic carbocycles. The molecule has 0 radical (unpaired) electrons. The van der Waals surface area contributed by atoms with Crippen molar-refractivity contribution in [1.29, 1.82) is 0 Å². The molecule has 5 nitrogen and oxygen atoms in total. The first-order valence-electron chi connectivity index (χ1n) is 9.06. The quantitative estimate of drug-likeness (QED) is 0.279. The number of nitrogens with zero attached hydrogens (tertiary/aromatic N) is 1. The Hall–Kier alpha value is -1.00. The molecule has 148 valence electrons. The maximum absolute atomic E-state index is 12.7. The normalized spacial score (nSPS) is 21.6. The van der Waals surface area contributed by atoms with Gasteiger partial charge in [0.1, 0.15) is 19.2 Å². The predicted octanol–water partition coefficient (Wildman–Crippen LogP) is 4.35. The molecular weight excluding hydrogens is 414 g/mol. The van der Waals surface area contributed by atoms with Crippen molar-refractivity contribution in [1.82, 2.24) is 4.90 Å². The van der Waals surface area contributed by atoms with Gasteiger partial charge in [0.25, 0.3) is 0 Å². The van der Waals surface area contributed by atoms with Gasteiger partial charge in [-0.3, -0.25) is 4.90 Å². The third-order valence-electron chi connectivity index (χ3n) is 4.08. The van der Waals surface area contributed by atoms with Crippen LogP contribution in [0.3, 0.4) is 0 Å². The molecule has 1 fully saturated rings. The number of carbonyl (C=O) groups is 2. The van der Waals surface area contributed by atoms with E-state index < -0.39 is 25.3 Å². The molecule has 0 spiro atoms. The second-order valence-corrected chi connectivity index (χ2v) is 14.6. The van der Waals surface area contributed by atoms with Crippen LogP contribution in [0.2, 0.25) is 19.6 Å². The predicted molar refractivity (Wildman–Crippen MR) is 110 cm³/mol. The number of ether oxygens (including phenoxy) is 2. The van der Waals surface area contributed by atoms with Gasteiger partial charge < -0.3 is 9.47 Å². The SMILES string of the molecule is COC(=O)C1(CCC(Br)C#C[Si](C)(C)C)CCCN1C(=O)OC(C)(C)C. The number of rotatable bonds is 4. The van der Waals surface area contributed by atoms with E-state index in [4.69, 9.17) is 9.47 Å². The lowest BCUT2D eigenvalue weighted by Crippen LogP contribution is -2.55. The summed E-state index contributed by atoms with van der Waals surface area (Å²) < 4.78 is 10.6. The molecule has 1 saturated heterocycles. The van der Waals surface area contributed by atoms with E-state index in [1.807, 2.05) is 20.8 Å². The van der Waals surface area contributed by atoms with Gasteiger partial charge >= 0.3 is 12.1 Å². The molecule has 2 atom stereocenters. The fourth-order valence-electron chi connectivity index (χ4n) is 2.96. The average Bonchev–Trinajstić information content (AvgIpc) is 2.93. The Bertz CT molecular complexity index is 585. The van der Waals surface area contributed by atoms with Crippen molar-refractivity contribution < 1.29 is 19.1 Å². The van der Waals surface area contributed by atoms with Crippen molar-refractivity contribution in [3.63, 3.8) is 0 Å². The lowest BCUT2D eigenvalue weighted by Gasteiger charge is -2.37. The van der Waals surface area contributed by atoms with Gasteiger partial charge in [-0.15, -0.1) is 5.54 Å². The van der Waals surface area contributed by atoms with E-state index in [9.17, 15) is 9.59 Å². The summed E-state index contributed by atoms with van der Waals surface area (Å²) in [6.45, 7) is 12.5. The second kappa shape index (κ2) is 8.79. The number of hydrogen-bond donors (Lipinski definition) is 0. The maximum atomic E-state index is 12.7. The topological polar surface area (TPSA) is 55.8 Å². The van der Waals surface area contributed by atoms with Gasteiger partial charge in [0, 0.05) is 6.54 Å². The minimum Gasteiger partial charge on any atom is -0.467 e. The number of alkyl halides is 1. The number of hydrogen-bond acceptors (Lipinski definition) is 4. The minimum absolute atomic E-state index is 0.0168. The van der Waals surface area contributed by atoms with Crippen molar-refractivity contribution in [2.75, 3.05) is 13.7 Å². The zero-order chi connectivity index (χ0) is 20.2. The number of halogens is 1. The van der Waals surface area contributed by atoms with Crippen molar-refractivity contribution in [3.8, 4) is 11.5 Å². The van der Waals surface area contributed by atoms with E-state index in [2.05, 4.69) is 47.0 Å². The van der Waals surface area contributed by atoms with Crippen LogP contribution in [0.5, 0.6) is 0 Å². The van der Waals surface area contributed by atoms with Gasteiger partial charge in [0.2, 0.25) is 0 Å². The molecule has 1 rings (SSSR count). The molecule has 0 saturated carbocycles. The largest absolute Gasteiger partial charge is 0.467 e. The summed E-state index contributed by atoms with van der Waals surface area (Å²) in [4.78, 5) is 26.8. The van der Waals surface area contributed by atoms with Gasteiger partial charge in [0.15, 0.2) is 0 Å². The van der Waals surface area contributed by atoms with Crippen molar-refractivity contribution in [2.24, 2.45) is 0 Å². The first-order chi connectivity index (χ1) is 11.8. The lowest BCUT2D eigenvalue weighted by atomic mass is 9.89. The molecule has 2 unspecified atom stereocenters. The summed E-state index contributed by atoms with van der Waals surface area (Å²) in [6.07, 6.45) is 2.03. The fraction of sp³-hybridized carbons (Fsp3) is 0.789. The molecule has 1 aliphatic heterocycles. The molecule has 1 aliphatic rings. The Kier molecular flexibility index (Phi) is 7.79. The van der Waals surface area contributed by atoms with Crippen molar-refractivity contribution in [2.45, 2.75) is 82.1 Å². The van der Waals surface area contributed by atoms with Crippen LogP contribution in [0, 0.1) is 11.5 Å². The summed E-state index contributed by atoms with van der Waals surface area (Å²) >= 11 is 3.60. The molecule has 0 N–H and O–H groups in total. The zero-order valence-electron chi connectivity index (χ0n) is 17.1. The highest BCUT2D eigenvalue weighted by Gasteiger charge is 2.51. The first-order valence-corrected chi connectivity index (χ1v) is 13.5. The number of methoxy groups -OCH3 is 1. The molecule has 26 heavy (non-hydrogen) atoms. The Labute approximate surface area is 167 Å². The smallest absolute Gasteiger partial charge is 0.411 e. The molecule has 0 aromatic rings. The molecule has 0 aromatic heterocycles. The van der Waals surface area contributed by atoms with Crippen LogP contribution in [0.4, 0.5) is 4.79 Å². The monoisotopic (exact) mass is 445 g/mol. The van der Waals surface area contributed by atoms with Crippen LogP contribution in [-0.4, -0.2) is 54.7 Å². The van der Waals surface area contributed by atoms with Crippen LogP contribution in [0.15, 0.2) is 0 Å². The molecule has 1 amide bonds. The van der Waals surface area contributed by atoms with Crippen LogP contribution in [0.1, 0.15) is 46.5 Å². The minimum atomic E-state index is -1.45. The van der Waals surface area contributed by atoms with E-state index in [0.717, 1.165) is 6.42 Å². The Morgan fingerprint density at radius 3 is 2.42 bits per heavy atom. The number of amides is 1. The molecule has 0 aliphatic carbocycles. The van der Waals surface area contributed by atoms with Crippen LogP contribution in [-0.2, 0) is 14.3 Å². The van der Waals surface area contributed by atoms with Gasteiger partial charge in [0.05, 0.1) is 11.9 Å². The van der Waals surface area contributed by atoms with Crippen LogP contribution >= 0.6 is 15.9 Å². The van der Waals surface area contributed by atoms with Crippen molar-refractivity contribution >= 4 is 36.1 Å². The number of esters is 1. The second-order valence-electron chi connectivity index (χ2n) is 8.78. The summed E-state index contributed by atoms with van der Waals surface area (Å²) in [6, 6.07) is 0. The van der Waals surface area contributed by atoms with Crippen molar-refractivity contribution in [3.05, 3.63) is 0 Å². The van der Waals surface area contributed by atoms with Crippen LogP contribution < -0.4 is 0 Å². The van der Waals surface area contributed by atoms with Gasteiger partial charge in [-0.2, -0.15) is 0 Å². The van der Waals surface area contributed by atoms with Gasteiger partial charge in [-0.05, 0) is 46.5 Å². The average molecular weight is 446 g/mol. The van der Waals surface area contributed by atoms with E-state index >= 15 is 0 Å².